The maximum atomic E-state index is 12.9. The van der Waals surface area contributed by atoms with Crippen molar-refractivity contribution in [3.8, 4) is 11.3 Å². The molecule has 0 aliphatic heterocycles. The predicted octanol–water partition coefficient (Wildman–Crippen LogP) is 4.10. The molecule has 0 aliphatic rings. The van der Waals surface area contributed by atoms with Gasteiger partial charge in [0.1, 0.15) is 11.6 Å². The average molecular weight is 389 g/mol. The third kappa shape index (κ3) is 3.98. The summed E-state index contributed by atoms with van der Waals surface area (Å²) >= 11 is 0. The van der Waals surface area contributed by atoms with Gasteiger partial charge in [-0.2, -0.15) is 18.3 Å². The van der Waals surface area contributed by atoms with Crippen LogP contribution >= 0.6 is 0 Å². The summed E-state index contributed by atoms with van der Waals surface area (Å²) in [5.41, 5.74) is 1.21. The molecule has 0 saturated heterocycles. The number of carbonyl (C=O) groups excluding carboxylic acids is 1. The molecule has 0 fully saturated rings. The van der Waals surface area contributed by atoms with Gasteiger partial charge in [0.25, 0.3) is 5.91 Å². The van der Waals surface area contributed by atoms with Crippen LogP contribution in [0.1, 0.15) is 21.6 Å². The Balaban J connectivity index is 1.90. The van der Waals surface area contributed by atoms with Crippen molar-refractivity contribution >= 4 is 17.5 Å². The van der Waals surface area contributed by atoms with Crippen molar-refractivity contribution in [3.05, 3.63) is 59.3 Å². The number of alkyl halides is 3. The third-order valence-electron chi connectivity index (χ3n) is 4.13. The minimum absolute atomic E-state index is 0.251. The zero-order valence-corrected chi connectivity index (χ0v) is 15.4. The predicted molar refractivity (Wildman–Crippen MR) is 100 cm³/mol. The molecule has 2 heterocycles. The van der Waals surface area contributed by atoms with E-state index in [2.05, 4.69) is 20.7 Å². The van der Waals surface area contributed by atoms with Gasteiger partial charge in [-0.3, -0.25) is 9.48 Å². The molecule has 0 radical (unpaired) electrons. The number of amides is 1. The molecule has 0 aliphatic carbocycles. The fourth-order valence-electron chi connectivity index (χ4n) is 2.68. The quantitative estimate of drug-likeness (QED) is 0.705. The molecule has 0 saturated carbocycles. The second-order valence-electron chi connectivity index (χ2n) is 6.20. The molecule has 9 heteroatoms. The lowest BCUT2D eigenvalue weighted by molar-refractivity contribution is -0.141. The minimum atomic E-state index is -4.54. The number of nitrogens with zero attached hydrogens (tertiary/aromatic N) is 3. The average Bonchev–Trinajstić information content (AvgIpc) is 3.04. The van der Waals surface area contributed by atoms with Crippen molar-refractivity contribution in [2.24, 2.45) is 7.05 Å². The Morgan fingerprint density at radius 2 is 1.79 bits per heavy atom. The van der Waals surface area contributed by atoms with Crippen LogP contribution in [0, 0.1) is 6.92 Å². The highest BCUT2D eigenvalue weighted by molar-refractivity contribution is 6.04. The Labute approximate surface area is 159 Å². The zero-order valence-electron chi connectivity index (χ0n) is 15.4. The van der Waals surface area contributed by atoms with Crippen molar-refractivity contribution in [3.63, 3.8) is 0 Å². The van der Waals surface area contributed by atoms with E-state index in [4.69, 9.17) is 0 Å². The van der Waals surface area contributed by atoms with Crippen molar-refractivity contribution in [2.45, 2.75) is 13.1 Å². The van der Waals surface area contributed by atoms with Crippen LogP contribution in [0.4, 0.5) is 24.8 Å². The molecule has 0 bridgehead atoms. The summed E-state index contributed by atoms with van der Waals surface area (Å²) < 4.78 is 39.9. The van der Waals surface area contributed by atoms with E-state index >= 15 is 0 Å². The van der Waals surface area contributed by atoms with E-state index in [1.54, 1.807) is 25.2 Å². The second kappa shape index (κ2) is 7.34. The largest absolute Gasteiger partial charge is 0.435 e. The highest BCUT2D eigenvalue weighted by atomic mass is 19.4. The number of aromatic nitrogens is 3. The normalized spacial score (nSPS) is 11.4. The van der Waals surface area contributed by atoms with Crippen LogP contribution in [0.25, 0.3) is 11.3 Å². The molecule has 0 atom stereocenters. The van der Waals surface area contributed by atoms with Crippen LogP contribution in [0.15, 0.2) is 42.5 Å². The first kappa shape index (κ1) is 19.4. The van der Waals surface area contributed by atoms with E-state index in [1.165, 1.54) is 13.1 Å². The summed E-state index contributed by atoms with van der Waals surface area (Å²) in [6.07, 6.45) is -4.54. The zero-order chi connectivity index (χ0) is 20.5. The number of hydrogen-bond donors (Lipinski definition) is 2. The van der Waals surface area contributed by atoms with Crippen LogP contribution < -0.4 is 10.6 Å². The maximum Gasteiger partial charge on any atom is 0.435 e. The number of nitrogens with one attached hydrogen (secondary N) is 2. The summed E-state index contributed by atoms with van der Waals surface area (Å²) in [4.78, 5) is 16.6. The van der Waals surface area contributed by atoms with Gasteiger partial charge in [0.2, 0.25) is 0 Å². The number of pyridine rings is 1. The Morgan fingerprint density at radius 1 is 1.11 bits per heavy atom. The van der Waals surface area contributed by atoms with Gasteiger partial charge < -0.3 is 10.6 Å². The Morgan fingerprint density at radius 3 is 2.36 bits per heavy atom. The smallest absolute Gasteiger partial charge is 0.373 e. The molecule has 0 unspecified atom stereocenters. The molecule has 1 aromatic carbocycles. The molecule has 3 rings (SSSR count). The number of rotatable bonds is 4. The Hall–Kier alpha value is -3.36. The molecule has 1 amide bonds. The van der Waals surface area contributed by atoms with Gasteiger partial charge in [0.15, 0.2) is 5.69 Å². The molecule has 146 valence electrons. The number of aryl methyl sites for hydroxylation is 2. The molecule has 6 nitrogen and oxygen atoms in total. The SMILES string of the molecule is CNc1nc(NC(=O)c2ccc(C)cc2)ccc1-c1cc(C(F)(F)F)nn1C. The van der Waals surface area contributed by atoms with Crippen LogP contribution in [0.5, 0.6) is 0 Å². The highest BCUT2D eigenvalue weighted by Crippen LogP contribution is 2.34. The summed E-state index contributed by atoms with van der Waals surface area (Å²) in [5, 5.41) is 9.05. The van der Waals surface area contributed by atoms with Gasteiger partial charge in [0, 0.05) is 25.2 Å². The van der Waals surface area contributed by atoms with Crippen LogP contribution in [0.2, 0.25) is 0 Å². The molecular weight excluding hydrogens is 371 g/mol. The summed E-state index contributed by atoms with van der Waals surface area (Å²) in [5.74, 6) is 0.262. The van der Waals surface area contributed by atoms with Gasteiger partial charge in [-0.05, 0) is 37.3 Å². The second-order valence-corrected chi connectivity index (χ2v) is 6.20. The fourth-order valence-corrected chi connectivity index (χ4v) is 2.68. The summed E-state index contributed by atoms with van der Waals surface area (Å²) in [6, 6.07) is 11.1. The number of halogens is 3. The number of anilines is 2. The number of hydrogen-bond acceptors (Lipinski definition) is 4. The molecule has 3 aromatic rings. The third-order valence-corrected chi connectivity index (χ3v) is 4.13. The van der Waals surface area contributed by atoms with Crippen LogP contribution in [0.3, 0.4) is 0 Å². The molecular formula is C19H18F3N5O. The Bertz CT molecular complexity index is 1010. The van der Waals surface area contributed by atoms with E-state index in [9.17, 15) is 18.0 Å². The lowest BCUT2D eigenvalue weighted by Gasteiger charge is -2.11. The summed E-state index contributed by atoms with van der Waals surface area (Å²) in [6.45, 7) is 1.92. The van der Waals surface area contributed by atoms with E-state index in [0.717, 1.165) is 16.3 Å². The molecule has 28 heavy (non-hydrogen) atoms. The van der Waals surface area contributed by atoms with Crippen LogP contribution in [-0.4, -0.2) is 27.7 Å². The van der Waals surface area contributed by atoms with Gasteiger partial charge in [-0.15, -0.1) is 0 Å². The van der Waals surface area contributed by atoms with E-state index in [0.29, 0.717) is 16.9 Å². The highest BCUT2D eigenvalue weighted by Gasteiger charge is 2.35. The van der Waals surface area contributed by atoms with Gasteiger partial charge in [-0.25, -0.2) is 4.98 Å². The van der Waals surface area contributed by atoms with Gasteiger partial charge >= 0.3 is 6.18 Å². The topological polar surface area (TPSA) is 71.8 Å². The van der Waals surface area contributed by atoms with Crippen LogP contribution in [-0.2, 0) is 13.2 Å². The standard InChI is InChI=1S/C19H18F3N5O/c1-11-4-6-12(7-5-11)18(28)25-16-9-8-13(17(23-2)24-16)14-10-15(19(20,21)22)26-27(14)3/h4-10H,1-3H3,(H2,23,24,25,28). The molecule has 2 N–H and O–H groups in total. The lowest BCUT2D eigenvalue weighted by Crippen LogP contribution is -2.13. The minimum Gasteiger partial charge on any atom is -0.373 e. The van der Waals surface area contributed by atoms with Gasteiger partial charge in [0.05, 0.1) is 5.69 Å². The first-order valence-electron chi connectivity index (χ1n) is 8.37. The number of carbonyl (C=O) groups is 1. The lowest BCUT2D eigenvalue weighted by atomic mass is 10.1. The maximum absolute atomic E-state index is 12.9. The number of benzene rings is 1. The van der Waals surface area contributed by atoms with Crippen molar-refractivity contribution in [1.82, 2.24) is 14.8 Å². The monoisotopic (exact) mass is 389 g/mol. The first-order chi connectivity index (χ1) is 13.2. The first-order valence-corrected chi connectivity index (χ1v) is 8.37. The fraction of sp³-hybridized carbons (Fsp3) is 0.211. The van der Waals surface area contributed by atoms with E-state index in [-0.39, 0.29) is 17.4 Å². The van der Waals surface area contributed by atoms with E-state index < -0.39 is 11.9 Å². The van der Waals surface area contributed by atoms with Crippen molar-refractivity contribution in [2.75, 3.05) is 17.7 Å². The molecule has 2 aromatic heterocycles. The Kier molecular flexibility index (Phi) is 5.08. The van der Waals surface area contributed by atoms with Gasteiger partial charge in [-0.1, -0.05) is 17.7 Å². The summed E-state index contributed by atoms with van der Waals surface area (Å²) in [7, 11) is 3.02. The molecule has 0 spiro atoms. The van der Waals surface area contributed by atoms with Crippen molar-refractivity contribution < 1.29 is 18.0 Å². The van der Waals surface area contributed by atoms with E-state index in [1.807, 2.05) is 19.1 Å². The van der Waals surface area contributed by atoms with Crippen molar-refractivity contribution in [1.29, 1.82) is 0 Å².